The third kappa shape index (κ3) is 4.91. The lowest BCUT2D eigenvalue weighted by Gasteiger charge is -2.20. The molecule has 2 N–H and O–H groups in total. The molecule has 0 fully saturated rings. The Bertz CT molecular complexity index is 435. The fourth-order valence-corrected chi connectivity index (χ4v) is 1.74. The molecule has 0 atom stereocenters. The molecule has 1 heterocycles. The Morgan fingerprint density at radius 3 is 2.56 bits per heavy atom. The molecular formula is C12H17BrN2O3. The van der Waals surface area contributed by atoms with Crippen LogP contribution in [0.15, 0.2) is 21.4 Å². The van der Waals surface area contributed by atoms with Gasteiger partial charge in [0, 0.05) is 18.5 Å². The SMILES string of the molecule is CC(C)(C)NC(=O)CCNC(=O)c1ccoc1Br. The fourth-order valence-electron chi connectivity index (χ4n) is 1.32. The van der Waals surface area contributed by atoms with Gasteiger partial charge in [0.1, 0.15) is 0 Å². The Morgan fingerprint density at radius 2 is 2.06 bits per heavy atom. The van der Waals surface area contributed by atoms with E-state index < -0.39 is 0 Å². The van der Waals surface area contributed by atoms with Gasteiger partial charge in [0.15, 0.2) is 4.67 Å². The zero-order chi connectivity index (χ0) is 13.8. The van der Waals surface area contributed by atoms with Crippen LogP contribution in [-0.2, 0) is 4.79 Å². The van der Waals surface area contributed by atoms with Gasteiger partial charge in [0.05, 0.1) is 11.8 Å². The Kier molecular flexibility index (Phi) is 4.95. The largest absolute Gasteiger partial charge is 0.457 e. The third-order valence-corrected chi connectivity index (χ3v) is 2.63. The summed E-state index contributed by atoms with van der Waals surface area (Å²) in [7, 11) is 0. The standard InChI is InChI=1S/C12H17BrN2O3/c1-12(2,3)15-9(16)4-6-14-11(17)8-5-7-18-10(8)13/h5,7H,4,6H2,1-3H3,(H,14,17)(H,15,16). The van der Waals surface area contributed by atoms with Gasteiger partial charge in [-0.1, -0.05) is 0 Å². The van der Waals surface area contributed by atoms with Crippen molar-refractivity contribution in [1.82, 2.24) is 10.6 Å². The van der Waals surface area contributed by atoms with E-state index in [1.165, 1.54) is 6.26 Å². The number of furan rings is 1. The first-order valence-corrected chi connectivity index (χ1v) is 6.41. The van der Waals surface area contributed by atoms with Crippen LogP contribution >= 0.6 is 15.9 Å². The van der Waals surface area contributed by atoms with Crippen LogP contribution in [0.2, 0.25) is 0 Å². The maximum atomic E-state index is 11.7. The van der Waals surface area contributed by atoms with Gasteiger partial charge >= 0.3 is 0 Å². The van der Waals surface area contributed by atoms with E-state index in [-0.39, 0.29) is 23.8 Å². The van der Waals surface area contributed by atoms with Crippen molar-refractivity contribution in [2.24, 2.45) is 0 Å². The van der Waals surface area contributed by atoms with Crippen molar-refractivity contribution in [3.05, 3.63) is 22.6 Å². The molecule has 0 saturated carbocycles. The monoisotopic (exact) mass is 316 g/mol. The van der Waals surface area contributed by atoms with Crippen LogP contribution in [0.3, 0.4) is 0 Å². The number of halogens is 1. The van der Waals surface area contributed by atoms with Crippen LogP contribution < -0.4 is 10.6 Å². The summed E-state index contributed by atoms with van der Waals surface area (Å²) in [6.07, 6.45) is 1.67. The Hall–Kier alpha value is -1.30. The topological polar surface area (TPSA) is 71.3 Å². The first-order chi connectivity index (χ1) is 8.29. The Labute approximate surface area is 114 Å². The second-order valence-corrected chi connectivity index (χ2v) is 5.63. The zero-order valence-corrected chi connectivity index (χ0v) is 12.3. The van der Waals surface area contributed by atoms with Gasteiger partial charge in [-0.25, -0.2) is 0 Å². The van der Waals surface area contributed by atoms with Crippen LogP contribution in [-0.4, -0.2) is 23.9 Å². The van der Waals surface area contributed by atoms with Crippen LogP contribution in [0.4, 0.5) is 0 Å². The average Bonchev–Trinajstić information content (AvgIpc) is 2.61. The highest BCUT2D eigenvalue weighted by Crippen LogP contribution is 2.16. The van der Waals surface area contributed by atoms with Crippen molar-refractivity contribution in [3.8, 4) is 0 Å². The van der Waals surface area contributed by atoms with E-state index in [4.69, 9.17) is 4.42 Å². The quantitative estimate of drug-likeness (QED) is 0.893. The second-order valence-electron chi connectivity index (χ2n) is 4.91. The number of nitrogens with one attached hydrogen (secondary N) is 2. The van der Waals surface area contributed by atoms with Gasteiger partial charge in [0.2, 0.25) is 5.91 Å². The van der Waals surface area contributed by atoms with Crippen LogP contribution in [0, 0.1) is 0 Å². The molecule has 0 bridgehead atoms. The number of carbonyl (C=O) groups is 2. The van der Waals surface area contributed by atoms with Gasteiger partial charge in [-0.3, -0.25) is 9.59 Å². The first-order valence-electron chi connectivity index (χ1n) is 5.62. The van der Waals surface area contributed by atoms with Crippen molar-refractivity contribution < 1.29 is 14.0 Å². The normalized spacial score (nSPS) is 11.1. The minimum Gasteiger partial charge on any atom is -0.457 e. The van der Waals surface area contributed by atoms with Gasteiger partial charge < -0.3 is 15.1 Å². The smallest absolute Gasteiger partial charge is 0.255 e. The highest BCUT2D eigenvalue weighted by atomic mass is 79.9. The summed E-state index contributed by atoms with van der Waals surface area (Å²) >= 11 is 3.12. The fraction of sp³-hybridized carbons (Fsp3) is 0.500. The van der Waals surface area contributed by atoms with E-state index >= 15 is 0 Å². The molecule has 1 aromatic rings. The van der Waals surface area contributed by atoms with Crippen LogP contribution in [0.1, 0.15) is 37.6 Å². The molecule has 0 aliphatic carbocycles. The summed E-state index contributed by atoms with van der Waals surface area (Å²) in [6.45, 7) is 6.02. The zero-order valence-electron chi connectivity index (χ0n) is 10.7. The van der Waals surface area contributed by atoms with Crippen LogP contribution in [0.5, 0.6) is 0 Å². The van der Waals surface area contributed by atoms with E-state index in [1.54, 1.807) is 6.07 Å². The predicted octanol–water partition coefficient (Wildman–Crippen LogP) is 2.08. The van der Waals surface area contributed by atoms with Gasteiger partial charge in [0.25, 0.3) is 5.91 Å². The molecule has 1 rings (SSSR count). The Morgan fingerprint density at radius 1 is 1.39 bits per heavy atom. The summed E-state index contributed by atoms with van der Waals surface area (Å²) in [6, 6.07) is 1.56. The summed E-state index contributed by atoms with van der Waals surface area (Å²) in [5.74, 6) is -0.353. The highest BCUT2D eigenvalue weighted by molar-refractivity contribution is 9.10. The van der Waals surface area contributed by atoms with E-state index in [2.05, 4.69) is 26.6 Å². The molecule has 0 saturated heterocycles. The van der Waals surface area contributed by atoms with Crippen molar-refractivity contribution in [2.45, 2.75) is 32.7 Å². The minimum atomic E-state index is -0.265. The number of rotatable bonds is 4. The molecule has 0 aromatic carbocycles. The molecule has 6 heteroatoms. The lowest BCUT2D eigenvalue weighted by molar-refractivity contribution is -0.122. The van der Waals surface area contributed by atoms with Crippen molar-refractivity contribution in [1.29, 1.82) is 0 Å². The van der Waals surface area contributed by atoms with Crippen LogP contribution in [0.25, 0.3) is 0 Å². The molecule has 0 aliphatic heterocycles. The Balaban J connectivity index is 2.33. The van der Waals surface area contributed by atoms with E-state index in [9.17, 15) is 9.59 Å². The van der Waals surface area contributed by atoms with Gasteiger partial charge in [-0.15, -0.1) is 0 Å². The van der Waals surface area contributed by atoms with Gasteiger partial charge in [-0.2, -0.15) is 0 Å². The number of carbonyl (C=O) groups excluding carboxylic acids is 2. The second kappa shape index (κ2) is 6.04. The molecule has 0 spiro atoms. The van der Waals surface area contributed by atoms with Gasteiger partial charge in [-0.05, 0) is 42.8 Å². The summed E-state index contributed by atoms with van der Waals surface area (Å²) in [4.78, 5) is 23.2. The van der Waals surface area contributed by atoms with Crippen molar-refractivity contribution in [3.63, 3.8) is 0 Å². The molecule has 18 heavy (non-hydrogen) atoms. The lowest BCUT2D eigenvalue weighted by Crippen LogP contribution is -2.41. The average molecular weight is 317 g/mol. The molecular weight excluding hydrogens is 300 g/mol. The number of hydrogen-bond donors (Lipinski definition) is 2. The maximum Gasteiger partial charge on any atom is 0.255 e. The highest BCUT2D eigenvalue weighted by Gasteiger charge is 2.15. The summed E-state index contributed by atoms with van der Waals surface area (Å²) < 4.78 is 5.34. The van der Waals surface area contributed by atoms with E-state index in [0.717, 1.165) is 0 Å². The predicted molar refractivity (Wildman–Crippen MR) is 71.3 cm³/mol. The van der Waals surface area contributed by atoms with E-state index in [0.29, 0.717) is 16.8 Å². The maximum absolute atomic E-state index is 11.7. The summed E-state index contributed by atoms with van der Waals surface area (Å²) in [5.41, 5.74) is 0.167. The molecule has 0 unspecified atom stereocenters. The summed E-state index contributed by atoms with van der Waals surface area (Å²) in [5, 5.41) is 5.47. The molecule has 2 amide bonds. The molecule has 100 valence electrons. The first kappa shape index (κ1) is 14.8. The molecule has 5 nitrogen and oxygen atoms in total. The lowest BCUT2D eigenvalue weighted by atomic mass is 10.1. The third-order valence-electron chi connectivity index (χ3n) is 2.01. The molecule has 0 radical (unpaired) electrons. The number of amides is 2. The molecule has 1 aromatic heterocycles. The van der Waals surface area contributed by atoms with Crippen molar-refractivity contribution in [2.75, 3.05) is 6.54 Å². The molecule has 0 aliphatic rings. The number of hydrogen-bond acceptors (Lipinski definition) is 3. The minimum absolute atomic E-state index is 0.0888. The van der Waals surface area contributed by atoms with Crippen molar-refractivity contribution >= 4 is 27.7 Å². The van der Waals surface area contributed by atoms with E-state index in [1.807, 2.05) is 20.8 Å².